The van der Waals surface area contributed by atoms with Crippen molar-refractivity contribution in [3.8, 4) is 0 Å². The molecule has 2 unspecified atom stereocenters. The summed E-state index contributed by atoms with van der Waals surface area (Å²) in [4.78, 5) is 22.0. The molecule has 7 heteroatoms. The Balaban J connectivity index is 3.41. The lowest BCUT2D eigenvalue weighted by Crippen LogP contribution is -2.57. The van der Waals surface area contributed by atoms with Gasteiger partial charge in [0.15, 0.2) is 5.78 Å². The molecule has 0 aromatic carbocycles. The highest BCUT2D eigenvalue weighted by atomic mass is 19.4. The zero-order valence-corrected chi connectivity index (χ0v) is 12.4. The van der Waals surface area contributed by atoms with Gasteiger partial charge in [0, 0.05) is 12.5 Å². The van der Waals surface area contributed by atoms with Crippen LogP contribution in [0.5, 0.6) is 0 Å². The maximum atomic E-state index is 13.4. The lowest BCUT2D eigenvalue weighted by atomic mass is 9.62. The fraction of sp³-hybridized carbons (Fsp3) is 0.467. The Hall–Kier alpha value is -1.89. The molecular formula is C15H17F3O4. The monoisotopic (exact) mass is 318 g/mol. The van der Waals surface area contributed by atoms with Crippen LogP contribution in [0.1, 0.15) is 27.2 Å². The molecule has 2 atom stereocenters. The van der Waals surface area contributed by atoms with E-state index < -0.39 is 35.4 Å². The van der Waals surface area contributed by atoms with Crippen LogP contribution in [0.25, 0.3) is 0 Å². The maximum absolute atomic E-state index is 13.4. The number of carboxylic acid groups (broad SMARTS) is 1. The molecule has 22 heavy (non-hydrogen) atoms. The third-order valence-electron chi connectivity index (χ3n) is 3.91. The molecule has 0 heterocycles. The Morgan fingerprint density at radius 2 is 1.95 bits per heavy atom. The predicted octanol–water partition coefficient (Wildman–Crippen LogP) is 2.79. The number of carbonyl (C=O) groups excluding carboxylic acids is 1. The third kappa shape index (κ3) is 3.14. The Morgan fingerprint density at radius 3 is 2.41 bits per heavy atom. The van der Waals surface area contributed by atoms with Crippen molar-refractivity contribution in [1.29, 1.82) is 0 Å². The molecule has 4 nitrogen and oxygen atoms in total. The van der Waals surface area contributed by atoms with E-state index >= 15 is 0 Å². The normalized spacial score (nSPS) is 30.6. The molecule has 1 rings (SSSR count). The van der Waals surface area contributed by atoms with E-state index in [2.05, 4.69) is 0 Å². The molecule has 0 radical (unpaired) electrons. The highest BCUT2D eigenvalue weighted by Gasteiger charge is 2.64. The average Bonchev–Trinajstić information content (AvgIpc) is 2.31. The number of carboxylic acids is 1. The topological polar surface area (TPSA) is 74.6 Å². The SMILES string of the molecule is CC1=CC(=O)CC(C)(C(F)(F)F)C1(O)C=C/C(C)=C\C(=O)O. The Bertz CT molecular complexity index is 586. The summed E-state index contributed by atoms with van der Waals surface area (Å²) in [6.45, 7) is 3.40. The number of ketones is 1. The van der Waals surface area contributed by atoms with Gasteiger partial charge in [0.25, 0.3) is 0 Å². The molecule has 0 amide bonds. The molecule has 1 aliphatic carbocycles. The number of aliphatic carboxylic acids is 1. The van der Waals surface area contributed by atoms with Crippen LogP contribution < -0.4 is 0 Å². The van der Waals surface area contributed by atoms with Crippen LogP contribution >= 0.6 is 0 Å². The van der Waals surface area contributed by atoms with Gasteiger partial charge < -0.3 is 10.2 Å². The first kappa shape index (κ1) is 18.2. The van der Waals surface area contributed by atoms with Crippen molar-refractivity contribution in [2.24, 2.45) is 5.41 Å². The lowest BCUT2D eigenvalue weighted by molar-refractivity contribution is -0.261. The second kappa shape index (κ2) is 5.72. The van der Waals surface area contributed by atoms with Gasteiger partial charge in [0.1, 0.15) is 11.0 Å². The van der Waals surface area contributed by atoms with E-state index in [1.807, 2.05) is 0 Å². The number of hydrogen-bond acceptors (Lipinski definition) is 3. The van der Waals surface area contributed by atoms with Crippen LogP contribution in [0.2, 0.25) is 0 Å². The van der Waals surface area contributed by atoms with Gasteiger partial charge in [-0.2, -0.15) is 13.2 Å². The van der Waals surface area contributed by atoms with Crippen LogP contribution in [-0.4, -0.2) is 33.7 Å². The summed E-state index contributed by atoms with van der Waals surface area (Å²) in [6.07, 6.45) is -1.91. The summed E-state index contributed by atoms with van der Waals surface area (Å²) in [5, 5.41) is 19.2. The summed E-state index contributed by atoms with van der Waals surface area (Å²) in [6, 6.07) is 0. The second-order valence-corrected chi connectivity index (χ2v) is 5.63. The Labute approximate surface area is 125 Å². The molecule has 0 bridgehead atoms. The minimum atomic E-state index is -4.82. The van der Waals surface area contributed by atoms with Gasteiger partial charge in [-0.05, 0) is 44.1 Å². The van der Waals surface area contributed by atoms with Gasteiger partial charge >= 0.3 is 12.1 Å². The van der Waals surface area contributed by atoms with Crippen molar-refractivity contribution in [3.63, 3.8) is 0 Å². The van der Waals surface area contributed by atoms with Crippen LogP contribution in [-0.2, 0) is 9.59 Å². The quantitative estimate of drug-likeness (QED) is 0.620. The molecule has 122 valence electrons. The molecule has 0 aromatic rings. The largest absolute Gasteiger partial charge is 0.478 e. The number of halogens is 3. The Morgan fingerprint density at radius 1 is 1.41 bits per heavy atom. The summed E-state index contributed by atoms with van der Waals surface area (Å²) in [7, 11) is 0. The smallest absolute Gasteiger partial charge is 0.398 e. The van der Waals surface area contributed by atoms with Gasteiger partial charge in [-0.1, -0.05) is 6.08 Å². The van der Waals surface area contributed by atoms with Crippen LogP contribution in [0.3, 0.4) is 0 Å². The highest BCUT2D eigenvalue weighted by Crippen LogP contribution is 2.54. The van der Waals surface area contributed by atoms with Crippen LogP contribution in [0.15, 0.2) is 35.5 Å². The third-order valence-corrected chi connectivity index (χ3v) is 3.91. The van der Waals surface area contributed by atoms with E-state index in [1.54, 1.807) is 0 Å². The number of hydrogen-bond donors (Lipinski definition) is 2. The first-order valence-electron chi connectivity index (χ1n) is 6.44. The van der Waals surface area contributed by atoms with Crippen molar-refractivity contribution < 1.29 is 33.0 Å². The van der Waals surface area contributed by atoms with Crippen molar-refractivity contribution in [1.82, 2.24) is 0 Å². The molecule has 0 saturated heterocycles. The highest BCUT2D eigenvalue weighted by molar-refractivity contribution is 5.93. The summed E-state index contributed by atoms with van der Waals surface area (Å²) in [5.41, 5.74) is -5.08. The molecule has 0 spiro atoms. The molecule has 0 aromatic heterocycles. The average molecular weight is 318 g/mol. The lowest BCUT2D eigenvalue weighted by Gasteiger charge is -2.46. The first-order valence-corrected chi connectivity index (χ1v) is 6.44. The Kier molecular flexibility index (Phi) is 4.72. The van der Waals surface area contributed by atoms with Gasteiger partial charge in [-0.15, -0.1) is 0 Å². The van der Waals surface area contributed by atoms with Crippen molar-refractivity contribution in [2.75, 3.05) is 0 Å². The molecular weight excluding hydrogens is 301 g/mol. The van der Waals surface area contributed by atoms with E-state index in [0.717, 1.165) is 31.2 Å². The van der Waals surface area contributed by atoms with Crippen molar-refractivity contribution in [3.05, 3.63) is 35.5 Å². The van der Waals surface area contributed by atoms with Crippen LogP contribution in [0, 0.1) is 5.41 Å². The minimum Gasteiger partial charge on any atom is -0.478 e. The first-order chi connectivity index (χ1) is 9.83. The summed E-state index contributed by atoms with van der Waals surface area (Å²) in [5.74, 6) is -1.97. The van der Waals surface area contributed by atoms with Gasteiger partial charge in [0.05, 0.1) is 0 Å². The van der Waals surface area contributed by atoms with E-state index in [-0.39, 0.29) is 11.1 Å². The van der Waals surface area contributed by atoms with E-state index in [9.17, 15) is 27.9 Å². The number of carbonyl (C=O) groups is 2. The van der Waals surface area contributed by atoms with Crippen LogP contribution in [0.4, 0.5) is 13.2 Å². The van der Waals surface area contributed by atoms with Gasteiger partial charge in [-0.3, -0.25) is 4.79 Å². The van der Waals surface area contributed by atoms with E-state index in [1.165, 1.54) is 13.8 Å². The number of allylic oxidation sites excluding steroid dienone is 3. The van der Waals surface area contributed by atoms with Crippen molar-refractivity contribution >= 4 is 11.8 Å². The van der Waals surface area contributed by atoms with E-state index in [4.69, 9.17) is 5.11 Å². The standard InChI is InChI=1S/C15H17F3O4/c1-9(6-12(20)21)4-5-14(22)10(2)7-11(19)8-13(14,3)15(16,17)18/h4-7,22H,8H2,1-3H3,(H,20,21)/b5-4?,9-6-. The number of alkyl halides is 3. The summed E-state index contributed by atoms with van der Waals surface area (Å²) < 4.78 is 40.3. The zero-order valence-electron chi connectivity index (χ0n) is 12.4. The van der Waals surface area contributed by atoms with Gasteiger partial charge in [-0.25, -0.2) is 4.79 Å². The van der Waals surface area contributed by atoms with Crippen molar-refractivity contribution in [2.45, 2.75) is 39.0 Å². The maximum Gasteiger partial charge on any atom is 0.398 e. The number of aliphatic hydroxyl groups is 1. The molecule has 2 N–H and O–H groups in total. The van der Waals surface area contributed by atoms with Gasteiger partial charge in [0.2, 0.25) is 0 Å². The summed E-state index contributed by atoms with van der Waals surface area (Å²) >= 11 is 0. The molecule has 0 fully saturated rings. The zero-order chi connectivity index (χ0) is 17.3. The second-order valence-electron chi connectivity index (χ2n) is 5.63. The van der Waals surface area contributed by atoms with E-state index in [0.29, 0.717) is 0 Å². The predicted molar refractivity (Wildman–Crippen MR) is 73.0 cm³/mol. The fourth-order valence-corrected chi connectivity index (χ4v) is 2.45. The fourth-order valence-electron chi connectivity index (χ4n) is 2.45. The molecule has 0 saturated carbocycles. The molecule has 1 aliphatic rings. The minimum absolute atomic E-state index is 0.136. The number of rotatable bonds is 3. The molecule has 0 aliphatic heterocycles.